The third-order valence-electron chi connectivity index (χ3n) is 2.87. The molecular formula is C15H12FIO3S. The lowest BCUT2D eigenvalue weighted by Gasteiger charge is -2.10. The van der Waals surface area contributed by atoms with Crippen molar-refractivity contribution in [3.8, 4) is 5.75 Å². The maximum atomic E-state index is 13.6. The van der Waals surface area contributed by atoms with Crippen molar-refractivity contribution in [2.45, 2.75) is 5.25 Å². The maximum absolute atomic E-state index is 13.6. The van der Waals surface area contributed by atoms with Crippen molar-refractivity contribution in [3.63, 3.8) is 0 Å². The Morgan fingerprint density at radius 3 is 2.48 bits per heavy atom. The van der Waals surface area contributed by atoms with Gasteiger partial charge in [-0.1, -0.05) is 42.5 Å². The Morgan fingerprint density at radius 1 is 1.19 bits per heavy atom. The van der Waals surface area contributed by atoms with E-state index < -0.39 is 27.5 Å². The molecule has 2 rings (SSSR count). The summed E-state index contributed by atoms with van der Waals surface area (Å²) in [5.41, 5.74) is 0.868. The van der Waals surface area contributed by atoms with Crippen LogP contribution in [-0.2, 0) is 10.7 Å². The fourth-order valence-corrected chi connectivity index (χ4v) is 3.12. The van der Waals surface area contributed by atoms with Crippen LogP contribution in [0.5, 0.6) is 5.75 Å². The topological polar surface area (TPSA) is 54.4 Å². The van der Waals surface area contributed by atoms with Gasteiger partial charge in [-0.3, -0.25) is 0 Å². The van der Waals surface area contributed by atoms with Crippen LogP contribution in [0.1, 0.15) is 16.4 Å². The molecule has 2 aromatic carbocycles. The highest BCUT2D eigenvalue weighted by Crippen LogP contribution is 2.32. The van der Waals surface area contributed by atoms with E-state index >= 15 is 0 Å². The number of aromatic hydroxyl groups is 1. The monoisotopic (exact) mass is 418 g/mol. The lowest BCUT2D eigenvalue weighted by atomic mass is 10.1. The van der Waals surface area contributed by atoms with Crippen LogP contribution < -0.4 is 0 Å². The summed E-state index contributed by atoms with van der Waals surface area (Å²) < 4.78 is 37.0. The molecule has 110 valence electrons. The van der Waals surface area contributed by atoms with Gasteiger partial charge in [0.2, 0.25) is 0 Å². The van der Waals surface area contributed by atoms with Crippen LogP contribution in [-0.4, -0.2) is 13.5 Å². The van der Waals surface area contributed by atoms with Crippen molar-refractivity contribution in [1.82, 2.24) is 0 Å². The van der Waals surface area contributed by atoms with Crippen LogP contribution in [0, 0.1) is 9.39 Å². The third kappa shape index (κ3) is 4.04. The van der Waals surface area contributed by atoms with Crippen LogP contribution in [0.25, 0.3) is 6.08 Å². The van der Waals surface area contributed by atoms with E-state index in [2.05, 4.69) is 0 Å². The van der Waals surface area contributed by atoms with Gasteiger partial charge in [0.25, 0.3) is 0 Å². The van der Waals surface area contributed by atoms with Crippen molar-refractivity contribution in [2.75, 3.05) is 0 Å². The molecule has 6 heteroatoms. The molecule has 0 aliphatic heterocycles. The summed E-state index contributed by atoms with van der Waals surface area (Å²) in [6.07, 6.45) is 3.07. The number of thiol groups is 1. The SMILES string of the molecule is O=[SH](=O)C(C=Cc1ccccc1)c1cc(I)cc(F)c1O. The first kappa shape index (κ1) is 16.0. The zero-order chi connectivity index (χ0) is 15.4. The summed E-state index contributed by atoms with van der Waals surface area (Å²) in [6.45, 7) is 0. The van der Waals surface area contributed by atoms with E-state index in [1.165, 1.54) is 12.1 Å². The van der Waals surface area contributed by atoms with Gasteiger partial charge in [0, 0.05) is 9.13 Å². The fourth-order valence-electron chi connectivity index (χ4n) is 1.87. The van der Waals surface area contributed by atoms with Crippen molar-refractivity contribution >= 4 is 39.4 Å². The zero-order valence-electron chi connectivity index (χ0n) is 10.7. The molecule has 0 heterocycles. The summed E-state index contributed by atoms with van der Waals surface area (Å²) in [7, 11) is -2.89. The van der Waals surface area contributed by atoms with E-state index in [4.69, 9.17) is 0 Å². The predicted molar refractivity (Wildman–Crippen MR) is 89.3 cm³/mol. The zero-order valence-corrected chi connectivity index (χ0v) is 13.8. The molecular weight excluding hydrogens is 406 g/mol. The molecule has 3 nitrogen and oxygen atoms in total. The number of rotatable bonds is 4. The third-order valence-corrected chi connectivity index (χ3v) is 4.40. The lowest BCUT2D eigenvalue weighted by Crippen LogP contribution is -2.00. The molecule has 0 bridgehead atoms. The average Bonchev–Trinajstić information content (AvgIpc) is 2.45. The van der Waals surface area contributed by atoms with Gasteiger partial charge in [0.05, 0.1) is 0 Å². The summed E-state index contributed by atoms with van der Waals surface area (Å²) in [5.74, 6) is -1.45. The van der Waals surface area contributed by atoms with E-state index in [-0.39, 0.29) is 5.56 Å². The summed E-state index contributed by atoms with van der Waals surface area (Å²) in [4.78, 5) is 0. The van der Waals surface area contributed by atoms with Gasteiger partial charge in [-0.2, -0.15) is 0 Å². The van der Waals surface area contributed by atoms with Gasteiger partial charge in [-0.05, 0) is 40.3 Å². The van der Waals surface area contributed by atoms with E-state index in [0.29, 0.717) is 3.57 Å². The van der Waals surface area contributed by atoms with Crippen LogP contribution >= 0.6 is 22.6 Å². The number of halogens is 2. The Kier molecular flexibility index (Phi) is 5.35. The van der Waals surface area contributed by atoms with Gasteiger partial charge in [-0.15, -0.1) is 0 Å². The van der Waals surface area contributed by atoms with Crippen LogP contribution in [0.15, 0.2) is 48.5 Å². The summed E-state index contributed by atoms with van der Waals surface area (Å²) >= 11 is 1.87. The molecule has 0 fully saturated rings. The Morgan fingerprint density at radius 2 is 1.86 bits per heavy atom. The second kappa shape index (κ2) is 7.04. The Hall–Kier alpha value is -1.41. The van der Waals surface area contributed by atoms with Gasteiger partial charge < -0.3 is 5.11 Å². The molecule has 0 saturated heterocycles. The van der Waals surface area contributed by atoms with Gasteiger partial charge in [0.1, 0.15) is 5.25 Å². The normalized spacial score (nSPS) is 12.9. The van der Waals surface area contributed by atoms with E-state index in [1.807, 2.05) is 52.9 Å². The first-order valence-corrected chi connectivity index (χ1v) is 8.36. The molecule has 21 heavy (non-hydrogen) atoms. The second-order valence-electron chi connectivity index (χ2n) is 4.33. The highest BCUT2D eigenvalue weighted by molar-refractivity contribution is 14.1. The molecule has 0 spiro atoms. The minimum atomic E-state index is -2.89. The van der Waals surface area contributed by atoms with Gasteiger partial charge in [-0.25, -0.2) is 12.8 Å². The largest absolute Gasteiger partial charge is 0.505 e. The fraction of sp³-hybridized carbons (Fsp3) is 0.0667. The molecule has 0 aliphatic carbocycles. The van der Waals surface area contributed by atoms with Crippen molar-refractivity contribution < 1.29 is 17.9 Å². The van der Waals surface area contributed by atoms with Crippen LogP contribution in [0.4, 0.5) is 4.39 Å². The Bertz CT molecular complexity index is 734. The van der Waals surface area contributed by atoms with Crippen molar-refractivity contribution in [3.05, 3.63) is 69.1 Å². The van der Waals surface area contributed by atoms with Gasteiger partial charge in [0.15, 0.2) is 22.3 Å². The number of phenolic OH excluding ortho intramolecular Hbond substituents is 1. The number of hydrogen-bond donors (Lipinski definition) is 2. The van der Waals surface area contributed by atoms with Crippen LogP contribution in [0.2, 0.25) is 0 Å². The summed E-state index contributed by atoms with van der Waals surface area (Å²) in [6, 6.07) is 11.8. The number of hydrogen-bond acceptors (Lipinski definition) is 3. The maximum Gasteiger partial charge on any atom is 0.166 e. The standard InChI is InChI=1S/C15H12FIO3S/c16-13-9-11(17)8-12(15(13)18)14(21(19)20)7-6-10-4-2-1-3-5-10/h1-9,14,18,21H. The minimum Gasteiger partial charge on any atom is -0.505 e. The minimum absolute atomic E-state index is 0.0442. The van der Waals surface area contributed by atoms with Crippen molar-refractivity contribution in [2.24, 2.45) is 0 Å². The molecule has 0 aliphatic rings. The number of phenols is 1. The molecule has 1 N–H and O–H groups in total. The molecule has 0 amide bonds. The molecule has 1 atom stereocenters. The average molecular weight is 418 g/mol. The predicted octanol–water partition coefficient (Wildman–Crippen LogP) is 3.50. The quantitative estimate of drug-likeness (QED) is 0.591. The smallest absolute Gasteiger partial charge is 0.166 e. The molecule has 0 radical (unpaired) electrons. The van der Waals surface area contributed by atoms with E-state index in [0.717, 1.165) is 11.6 Å². The van der Waals surface area contributed by atoms with E-state index in [1.54, 1.807) is 6.08 Å². The first-order valence-electron chi connectivity index (χ1n) is 6.03. The highest BCUT2D eigenvalue weighted by Gasteiger charge is 2.19. The Balaban J connectivity index is 2.43. The summed E-state index contributed by atoms with van der Waals surface area (Å²) in [5, 5.41) is 8.68. The van der Waals surface area contributed by atoms with Crippen molar-refractivity contribution in [1.29, 1.82) is 0 Å². The molecule has 2 aromatic rings. The first-order chi connectivity index (χ1) is 9.99. The lowest BCUT2D eigenvalue weighted by molar-refractivity contribution is 0.426. The second-order valence-corrected chi connectivity index (χ2v) is 6.70. The molecule has 1 unspecified atom stereocenters. The molecule has 0 aromatic heterocycles. The molecule has 0 saturated carbocycles. The Labute approximate surface area is 137 Å². The highest BCUT2D eigenvalue weighted by atomic mass is 127. The van der Waals surface area contributed by atoms with Gasteiger partial charge >= 0.3 is 0 Å². The number of benzene rings is 2. The van der Waals surface area contributed by atoms with Crippen LogP contribution in [0.3, 0.4) is 0 Å². The van der Waals surface area contributed by atoms with E-state index in [9.17, 15) is 17.9 Å².